The first-order valence-electron chi connectivity index (χ1n) is 7.78. The minimum Gasteiger partial charge on any atom is -0.497 e. The Hall–Kier alpha value is -3.07. The third-order valence-corrected chi connectivity index (χ3v) is 4.39. The van der Waals surface area contributed by atoms with Gasteiger partial charge in [0.05, 0.1) is 12.7 Å². The van der Waals surface area contributed by atoms with Gasteiger partial charge in [-0.1, -0.05) is 54.6 Å². The molecule has 1 aliphatic rings. The van der Waals surface area contributed by atoms with E-state index in [1.807, 2.05) is 78.9 Å². The number of fused-ring (bicyclic) bond motifs is 1. The van der Waals surface area contributed by atoms with Crippen LogP contribution in [0.1, 0.15) is 21.5 Å². The second-order valence-electron chi connectivity index (χ2n) is 5.70. The third-order valence-electron chi connectivity index (χ3n) is 4.39. The van der Waals surface area contributed by atoms with Gasteiger partial charge in [0.1, 0.15) is 11.5 Å². The summed E-state index contributed by atoms with van der Waals surface area (Å²) in [5.74, 6) is 1.31. The highest BCUT2D eigenvalue weighted by Crippen LogP contribution is 2.45. The molecule has 0 N–H and O–H groups in total. The molecule has 4 rings (SSSR count). The predicted octanol–water partition coefficient (Wildman–Crippen LogP) is 4.21. The van der Waals surface area contributed by atoms with Crippen LogP contribution in [0.3, 0.4) is 0 Å². The molecule has 3 aromatic rings. The van der Waals surface area contributed by atoms with E-state index >= 15 is 0 Å². The summed E-state index contributed by atoms with van der Waals surface area (Å²) in [5, 5.41) is 0. The van der Waals surface area contributed by atoms with E-state index in [1.54, 1.807) is 7.11 Å². The van der Waals surface area contributed by atoms with Gasteiger partial charge in [0, 0.05) is 11.1 Å². The molecule has 1 atom stereocenters. The Morgan fingerprint density at radius 2 is 1.42 bits per heavy atom. The van der Waals surface area contributed by atoms with E-state index in [9.17, 15) is 4.79 Å². The standard InChI is InChI=1S/C21H16O3/c1-23-17-13-11-16(12-14-17)21(15-7-3-2-4-8-15)20(22)18-9-5-6-10-19(18)24-21/h2-14H,1H3/t21-/m0/s1. The molecule has 3 nitrogen and oxygen atoms in total. The maximum absolute atomic E-state index is 13.3. The number of benzene rings is 3. The molecule has 0 unspecified atom stereocenters. The molecule has 0 spiro atoms. The lowest BCUT2D eigenvalue weighted by Gasteiger charge is -2.28. The molecule has 0 bridgehead atoms. The minimum absolute atomic E-state index is 0.0468. The molecule has 0 fully saturated rings. The molecule has 0 aliphatic carbocycles. The van der Waals surface area contributed by atoms with Gasteiger partial charge in [0.2, 0.25) is 11.4 Å². The Bertz CT molecular complexity index is 884. The first-order chi connectivity index (χ1) is 11.8. The van der Waals surface area contributed by atoms with Crippen molar-refractivity contribution in [2.45, 2.75) is 5.60 Å². The van der Waals surface area contributed by atoms with Crippen LogP contribution >= 0.6 is 0 Å². The van der Waals surface area contributed by atoms with Gasteiger partial charge in [0.15, 0.2) is 0 Å². The summed E-state index contributed by atoms with van der Waals surface area (Å²) in [6, 6.07) is 24.5. The molecule has 24 heavy (non-hydrogen) atoms. The number of methoxy groups -OCH3 is 1. The Labute approximate surface area is 140 Å². The van der Waals surface area contributed by atoms with Crippen LogP contribution in [-0.2, 0) is 5.60 Å². The second kappa shape index (κ2) is 5.53. The average molecular weight is 316 g/mol. The van der Waals surface area contributed by atoms with Crippen molar-refractivity contribution in [3.63, 3.8) is 0 Å². The van der Waals surface area contributed by atoms with Crippen molar-refractivity contribution in [3.05, 3.63) is 95.6 Å². The van der Waals surface area contributed by atoms with Gasteiger partial charge in [-0.05, 0) is 24.3 Å². The number of ether oxygens (including phenoxy) is 2. The SMILES string of the molecule is COc1ccc([C@]2(c3ccccc3)Oc3ccccc3C2=O)cc1. The number of carbonyl (C=O) groups excluding carboxylic acids is 1. The van der Waals surface area contributed by atoms with Crippen molar-refractivity contribution in [1.82, 2.24) is 0 Å². The normalized spacial score (nSPS) is 18.8. The maximum atomic E-state index is 13.3. The Balaban J connectivity index is 1.94. The van der Waals surface area contributed by atoms with Gasteiger partial charge in [0.25, 0.3) is 0 Å². The Morgan fingerprint density at radius 1 is 0.792 bits per heavy atom. The van der Waals surface area contributed by atoms with E-state index in [4.69, 9.17) is 9.47 Å². The third kappa shape index (κ3) is 2.02. The van der Waals surface area contributed by atoms with Gasteiger partial charge >= 0.3 is 0 Å². The van der Waals surface area contributed by atoms with Crippen molar-refractivity contribution in [3.8, 4) is 11.5 Å². The topological polar surface area (TPSA) is 35.5 Å². The maximum Gasteiger partial charge on any atom is 0.221 e. The fraction of sp³-hybridized carbons (Fsp3) is 0.0952. The molecule has 0 saturated carbocycles. The van der Waals surface area contributed by atoms with Crippen LogP contribution in [0.15, 0.2) is 78.9 Å². The van der Waals surface area contributed by atoms with Crippen molar-refractivity contribution in [2.75, 3.05) is 7.11 Å². The van der Waals surface area contributed by atoms with E-state index in [2.05, 4.69) is 0 Å². The van der Waals surface area contributed by atoms with E-state index in [0.29, 0.717) is 11.3 Å². The van der Waals surface area contributed by atoms with Crippen molar-refractivity contribution >= 4 is 5.78 Å². The van der Waals surface area contributed by atoms with Crippen LogP contribution in [0, 0.1) is 0 Å². The van der Waals surface area contributed by atoms with Gasteiger partial charge in [-0.3, -0.25) is 4.79 Å². The zero-order valence-electron chi connectivity index (χ0n) is 13.2. The zero-order chi connectivity index (χ0) is 16.6. The summed E-state index contributed by atoms with van der Waals surface area (Å²) in [5.41, 5.74) is 1.06. The number of hydrogen-bond donors (Lipinski definition) is 0. The first kappa shape index (κ1) is 14.5. The second-order valence-corrected chi connectivity index (χ2v) is 5.70. The highest BCUT2D eigenvalue weighted by molar-refractivity contribution is 6.10. The van der Waals surface area contributed by atoms with Gasteiger partial charge < -0.3 is 9.47 Å². The Kier molecular flexibility index (Phi) is 3.35. The van der Waals surface area contributed by atoms with Gasteiger partial charge in [-0.25, -0.2) is 0 Å². The van der Waals surface area contributed by atoms with Crippen LogP contribution < -0.4 is 9.47 Å². The fourth-order valence-corrected chi connectivity index (χ4v) is 3.19. The Morgan fingerprint density at radius 3 is 2.08 bits per heavy atom. The first-order valence-corrected chi connectivity index (χ1v) is 7.78. The summed E-state index contributed by atoms with van der Waals surface area (Å²) >= 11 is 0. The lowest BCUT2D eigenvalue weighted by atomic mass is 9.82. The number of para-hydroxylation sites is 1. The molecule has 118 valence electrons. The monoisotopic (exact) mass is 316 g/mol. The molecule has 0 saturated heterocycles. The molecule has 0 amide bonds. The summed E-state index contributed by atoms with van der Waals surface area (Å²) in [6.07, 6.45) is 0. The molecule has 3 heteroatoms. The number of Topliss-reactive ketones (excluding diaryl/α,β-unsaturated/α-hetero) is 1. The largest absolute Gasteiger partial charge is 0.497 e. The summed E-state index contributed by atoms with van der Waals surface area (Å²) in [4.78, 5) is 13.3. The van der Waals surface area contributed by atoms with E-state index in [0.717, 1.165) is 16.9 Å². The predicted molar refractivity (Wildman–Crippen MR) is 91.6 cm³/mol. The smallest absolute Gasteiger partial charge is 0.221 e. The molecular weight excluding hydrogens is 300 g/mol. The number of ketones is 1. The zero-order valence-corrected chi connectivity index (χ0v) is 13.2. The summed E-state index contributed by atoms with van der Waals surface area (Å²) in [6.45, 7) is 0. The van der Waals surface area contributed by atoms with Gasteiger partial charge in [-0.2, -0.15) is 0 Å². The van der Waals surface area contributed by atoms with Crippen LogP contribution in [0.4, 0.5) is 0 Å². The van der Waals surface area contributed by atoms with Crippen molar-refractivity contribution in [1.29, 1.82) is 0 Å². The van der Waals surface area contributed by atoms with E-state index in [1.165, 1.54) is 0 Å². The quantitative estimate of drug-likeness (QED) is 0.726. The average Bonchev–Trinajstić information content (AvgIpc) is 2.96. The van der Waals surface area contributed by atoms with Crippen LogP contribution in [0.25, 0.3) is 0 Å². The fourth-order valence-electron chi connectivity index (χ4n) is 3.19. The van der Waals surface area contributed by atoms with Crippen LogP contribution in [0.5, 0.6) is 11.5 Å². The number of carbonyl (C=O) groups is 1. The molecule has 0 radical (unpaired) electrons. The van der Waals surface area contributed by atoms with Gasteiger partial charge in [-0.15, -0.1) is 0 Å². The molecule has 1 aliphatic heterocycles. The number of hydrogen-bond acceptors (Lipinski definition) is 3. The van der Waals surface area contributed by atoms with Crippen LogP contribution in [0.2, 0.25) is 0 Å². The molecule has 1 heterocycles. The van der Waals surface area contributed by atoms with E-state index in [-0.39, 0.29) is 5.78 Å². The summed E-state index contributed by atoms with van der Waals surface area (Å²) < 4.78 is 11.5. The van der Waals surface area contributed by atoms with Crippen molar-refractivity contribution < 1.29 is 14.3 Å². The lowest BCUT2D eigenvalue weighted by Crippen LogP contribution is -2.38. The molecular formula is C21H16O3. The van der Waals surface area contributed by atoms with Crippen molar-refractivity contribution in [2.24, 2.45) is 0 Å². The minimum atomic E-state index is -1.16. The lowest BCUT2D eigenvalue weighted by molar-refractivity contribution is 0.0686. The highest BCUT2D eigenvalue weighted by atomic mass is 16.5. The molecule has 0 aromatic heterocycles. The summed E-state index contributed by atoms with van der Waals surface area (Å²) in [7, 11) is 1.62. The highest BCUT2D eigenvalue weighted by Gasteiger charge is 2.50. The van der Waals surface area contributed by atoms with E-state index < -0.39 is 5.60 Å². The molecule has 3 aromatic carbocycles. The number of rotatable bonds is 3. The van der Waals surface area contributed by atoms with Crippen LogP contribution in [-0.4, -0.2) is 12.9 Å².